The molecule has 0 bridgehead atoms. The summed E-state index contributed by atoms with van der Waals surface area (Å²) in [6, 6.07) is 6.10. The molecule has 15 heteroatoms. The minimum Gasteiger partial charge on any atom is -0.447 e. The summed E-state index contributed by atoms with van der Waals surface area (Å²) < 4.78 is 74.9. The fraction of sp³-hybridized carbons (Fsp3) is 0.222. The van der Waals surface area contributed by atoms with E-state index in [1.807, 2.05) is 0 Å². The SMILES string of the molecule is O=C1N[C@@H](c2cc(F)ccc2Cl)c2c(NC(=O)N3C[C@](O)(C(F)(F)F)c4cc(F)ccc43)cc(N3CCOC3=O)cc21. The number of benzene rings is 3. The van der Waals surface area contributed by atoms with E-state index in [1.165, 1.54) is 23.1 Å². The molecule has 3 aliphatic rings. The summed E-state index contributed by atoms with van der Waals surface area (Å²) in [4.78, 5) is 40.7. The summed E-state index contributed by atoms with van der Waals surface area (Å²) in [6.07, 6.45) is -6.00. The van der Waals surface area contributed by atoms with Crippen molar-refractivity contribution < 1.29 is 46.2 Å². The van der Waals surface area contributed by atoms with Crippen LogP contribution in [0.2, 0.25) is 5.02 Å². The summed E-state index contributed by atoms with van der Waals surface area (Å²) in [5, 5.41) is 15.8. The molecule has 0 aromatic heterocycles. The summed E-state index contributed by atoms with van der Waals surface area (Å²) in [6.45, 7) is -1.14. The third kappa shape index (κ3) is 4.29. The van der Waals surface area contributed by atoms with Gasteiger partial charge in [0.15, 0.2) is 0 Å². The highest BCUT2D eigenvalue weighted by Gasteiger charge is 2.61. The van der Waals surface area contributed by atoms with Crippen molar-refractivity contribution in [2.24, 2.45) is 0 Å². The highest BCUT2D eigenvalue weighted by molar-refractivity contribution is 6.31. The van der Waals surface area contributed by atoms with Crippen molar-refractivity contribution in [3.8, 4) is 0 Å². The number of carbonyl (C=O) groups excluding carboxylic acids is 3. The first-order chi connectivity index (χ1) is 19.8. The molecule has 42 heavy (non-hydrogen) atoms. The van der Waals surface area contributed by atoms with Crippen LogP contribution >= 0.6 is 11.6 Å². The number of cyclic esters (lactones) is 1. The van der Waals surface area contributed by atoms with Gasteiger partial charge in [0.2, 0.25) is 5.60 Å². The van der Waals surface area contributed by atoms with E-state index >= 15 is 0 Å². The molecule has 0 saturated carbocycles. The molecule has 0 radical (unpaired) electrons. The van der Waals surface area contributed by atoms with E-state index in [4.69, 9.17) is 16.3 Å². The number of amides is 4. The maximum Gasteiger partial charge on any atom is 0.423 e. The van der Waals surface area contributed by atoms with Crippen molar-refractivity contribution in [1.82, 2.24) is 5.32 Å². The number of nitrogens with zero attached hydrogens (tertiary/aromatic N) is 2. The molecular formula is C27H18ClF5N4O5. The van der Waals surface area contributed by atoms with Crippen LogP contribution in [-0.2, 0) is 10.3 Å². The number of β-amino-alcohol motifs (C(OH)–C–C–N with tert-alkyl or cyclic N) is 1. The van der Waals surface area contributed by atoms with Crippen molar-refractivity contribution in [3.63, 3.8) is 0 Å². The standard InChI is InChI=1S/C27H18ClF5N4O5/c28-18-3-1-12(29)7-15(18)22-21-16(23(38)35-22)9-14(36-5-6-42-25(36)40)10-19(21)34-24(39)37-11-26(41,27(31,32)33)17-8-13(30)2-4-20(17)37/h1-4,7-10,22,41H,5-6,11H2,(H,34,39)(H,35,38)/t22-,26+/m0/s1. The van der Waals surface area contributed by atoms with Gasteiger partial charge in [-0.15, -0.1) is 0 Å². The van der Waals surface area contributed by atoms with Crippen LogP contribution < -0.4 is 20.4 Å². The Morgan fingerprint density at radius 2 is 1.81 bits per heavy atom. The van der Waals surface area contributed by atoms with Gasteiger partial charge in [-0.1, -0.05) is 11.6 Å². The number of aliphatic hydroxyl groups is 1. The van der Waals surface area contributed by atoms with Gasteiger partial charge >= 0.3 is 18.3 Å². The minimum atomic E-state index is -5.27. The van der Waals surface area contributed by atoms with Crippen molar-refractivity contribution in [2.45, 2.75) is 17.8 Å². The summed E-state index contributed by atoms with van der Waals surface area (Å²) in [5.41, 5.74) is -4.62. The Hall–Kier alpha value is -4.43. The molecule has 1 fully saturated rings. The molecule has 9 nitrogen and oxygen atoms in total. The van der Waals surface area contributed by atoms with E-state index in [1.54, 1.807) is 0 Å². The van der Waals surface area contributed by atoms with Crippen molar-refractivity contribution >= 4 is 46.7 Å². The first kappa shape index (κ1) is 27.7. The number of nitrogens with one attached hydrogen (secondary N) is 2. The molecule has 3 heterocycles. The van der Waals surface area contributed by atoms with Gasteiger partial charge in [0, 0.05) is 27.3 Å². The van der Waals surface area contributed by atoms with Gasteiger partial charge in [-0.05, 0) is 48.5 Å². The molecule has 3 N–H and O–H groups in total. The van der Waals surface area contributed by atoms with Crippen LogP contribution in [0, 0.1) is 11.6 Å². The third-order valence-corrected chi connectivity index (χ3v) is 7.70. The predicted molar refractivity (Wildman–Crippen MR) is 139 cm³/mol. The Kier molecular flexibility index (Phi) is 6.31. The summed E-state index contributed by atoms with van der Waals surface area (Å²) in [5.74, 6) is -2.39. The largest absolute Gasteiger partial charge is 0.447 e. The van der Waals surface area contributed by atoms with E-state index in [0.717, 1.165) is 24.3 Å². The van der Waals surface area contributed by atoms with Crippen LogP contribution in [0.5, 0.6) is 0 Å². The second kappa shape index (κ2) is 9.56. The maximum absolute atomic E-state index is 14.2. The second-order valence-corrected chi connectivity index (χ2v) is 10.2. The van der Waals surface area contributed by atoms with Gasteiger partial charge in [0.25, 0.3) is 5.91 Å². The van der Waals surface area contributed by atoms with Gasteiger partial charge in [0.05, 0.1) is 36.2 Å². The molecular weight excluding hydrogens is 591 g/mol. The average molecular weight is 609 g/mol. The third-order valence-electron chi connectivity index (χ3n) is 7.35. The molecule has 4 amide bonds. The lowest BCUT2D eigenvalue weighted by atomic mass is 9.95. The second-order valence-electron chi connectivity index (χ2n) is 9.83. The fourth-order valence-electron chi connectivity index (χ4n) is 5.35. The van der Waals surface area contributed by atoms with Crippen molar-refractivity contribution in [3.05, 3.63) is 87.4 Å². The quantitative estimate of drug-likeness (QED) is 0.354. The lowest BCUT2D eigenvalue weighted by molar-refractivity contribution is -0.258. The number of ether oxygens (including phenoxy) is 1. The topological polar surface area (TPSA) is 111 Å². The summed E-state index contributed by atoms with van der Waals surface area (Å²) in [7, 11) is 0. The highest BCUT2D eigenvalue weighted by atomic mass is 35.5. The highest BCUT2D eigenvalue weighted by Crippen LogP contribution is 2.49. The van der Waals surface area contributed by atoms with E-state index in [2.05, 4.69) is 10.6 Å². The van der Waals surface area contributed by atoms with Gasteiger partial charge in [-0.2, -0.15) is 13.2 Å². The van der Waals surface area contributed by atoms with Crippen LogP contribution in [0.3, 0.4) is 0 Å². The Labute approximate surface area is 238 Å². The van der Waals surface area contributed by atoms with Gasteiger partial charge in [0.1, 0.15) is 18.2 Å². The minimum absolute atomic E-state index is 0.0245. The van der Waals surface area contributed by atoms with Gasteiger partial charge < -0.3 is 20.5 Å². The van der Waals surface area contributed by atoms with Gasteiger partial charge in [-0.25, -0.2) is 18.4 Å². The molecule has 0 spiro atoms. The van der Waals surface area contributed by atoms with Crippen molar-refractivity contribution in [2.75, 3.05) is 34.8 Å². The number of hydrogen-bond acceptors (Lipinski definition) is 5. The molecule has 3 aromatic carbocycles. The first-order valence-corrected chi connectivity index (χ1v) is 12.7. The number of alkyl halides is 3. The van der Waals surface area contributed by atoms with E-state index in [0.29, 0.717) is 11.0 Å². The predicted octanol–water partition coefficient (Wildman–Crippen LogP) is 5.21. The lowest BCUT2D eigenvalue weighted by Gasteiger charge is -2.27. The van der Waals surface area contributed by atoms with E-state index in [9.17, 15) is 41.4 Å². The number of fused-ring (bicyclic) bond motifs is 2. The smallest absolute Gasteiger partial charge is 0.423 e. The number of rotatable bonds is 3. The average Bonchev–Trinajstić information content (AvgIpc) is 3.59. The normalized spacial score (nSPS) is 21.3. The zero-order chi connectivity index (χ0) is 30.1. The van der Waals surface area contributed by atoms with Crippen LogP contribution in [0.4, 0.5) is 48.6 Å². The molecule has 1 saturated heterocycles. The molecule has 0 unspecified atom stereocenters. The molecule has 3 aliphatic heterocycles. The van der Waals surface area contributed by atoms with Crippen LogP contribution in [-0.4, -0.2) is 49.0 Å². The molecule has 6 rings (SSSR count). The zero-order valence-electron chi connectivity index (χ0n) is 21.1. The van der Waals surface area contributed by atoms with E-state index < -0.39 is 65.3 Å². The Morgan fingerprint density at radius 1 is 1.10 bits per heavy atom. The number of anilines is 3. The maximum atomic E-state index is 14.2. The van der Waals surface area contributed by atoms with Crippen LogP contribution in [0.25, 0.3) is 0 Å². The molecule has 3 aromatic rings. The van der Waals surface area contributed by atoms with E-state index in [-0.39, 0.29) is 46.2 Å². The first-order valence-electron chi connectivity index (χ1n) is 12.3. The molecule has 218 valence electrons. The molecule has 2 atom stereocenters. The molecule has 0 aliphatic carbocycles. The monoisotopic (exact) mass is 608 g/mol. The number of hydrogen-bond donors (Lipinski definition) is 3. The van der Waals surface area contributed by atoms with Crippen molar-refractivity contribution in [1.29, 1.82) is 0 Å². The van der Waals surface area contributed by atoms with Crippen LogP contribution in [0.15, 0.2) is 48.5 Å². The Balaban J connectivity index is 1.46. The number of halogens is 6. The Bertz CT molecular complexity index is 1690. The number of carbonyl (C=O) groups is 3. The summed E-state index contributed by atoms with van der Waals surface area (Å²) >= 11 is 6.30. The van der Waals surface area contributed by atoms with Crippen LogP contribution in [0.1, 0.15) is 33.1 Å². The Morgan fingerprint density at radius 3 is 2.50 bits per heavy atom. The van der Waals surface area contributed by atoms with Gasteiger partial charge in [-0.3, -0.25) is 14.6 Å². The lowest BCUT2D eigenvalue weighted by Crippen LogP contribution is -2.48. The number of urea groups is 1. The zero-order valence-corrected chi connectivity index (χ0v) is 21.8. The fourth-order valence-corrected chi connectivity index (χ4v) is 5.58.